The first-order valence-electron chi connectivity index (χ1n) is 15.7. The van der Waals surface area contributed by atoms with Crippen molar-refractivity contribution in [2.75, 3.05) is 13.2 Å². The topological polar surface area (TPSA) is 230 Å². The van der Waals surface area contributed by atoms with Crippen molar-refractivity contribution in [3.63, 3.8) is 0 Å². The third-order valence-electron chi connectivity index (χ3n) is 7.57. The molecule has 2 aromatic rings. The molecule has 0 aromatic heterocycles. The van der Waals surface area contributed by atoms with Gasteiger partial charge in [-0.05, 0) is 36.3 Å². The van der Waals surface area contributed by atoms with Crippen LogP contribution in [0.5, 0.6) is 0 Å². The second kappa shape index (κ2) is 18.2. The Labute approximate surface area is 274 Å². The Kier molecular flexibility index (Phi) is 14.2. The van der Waals surface area contributed by atoms with E-state index in [4.69, 9.17) is 11.5 Å². The number of carbonyl (C=O) groups is 5. The summed E-state index contributed by atoms with van der Waals surface area (Å²) < 4.78 is 0. The maximum Gasteiger partial charge on any atom is 0.245 e. The van der Waals surface area contributed by atoms with Crippen LogP contribution >= 0.6 is 0 Å². The molecule has 14 heteroatoms. The van der Waals surface area contributed by atoms with Gasteiger partial charge in [-0.25, -0.2) is 0 Å². The number of aliphatic hydroxyl groups is 1. The standard InChI is InChI=1S/C33H46N8O6/c1-20(2)16-24-29(44)41-27(19-42)32(47)40-25(17-21-10-5-3-6-11-21)30(45)37-23(14-9-15-36-33(34)35)28(43)39-26(31(46)38-24)18-22-12-7-4-8-13-22/h3-8,10-13,20,23-27,42H,9,14-19H2,1-2H3,(H,37,45)(H,38,46)(H,39,43)(H,40,47)(H,41,44)(H4,34,35,36)/t23-,24-,25-,26-,27-/m0/s1. The maximum absolute atomic E-state index is 13.8. The lowest BCUT2D eigenvalue weighted by Gasteiger charge is -2.26. The SMILES string of the molecule is CC(C)C[C@@H]1NC(=O)[C@H](Cc2ccccc2)NC(=O)[C@H](CCCN=C(N)N)NC(=O)[C@H](Cc2ccccc2)NC(=O)[C@H](CO)NC1=O. The van der Waals surface area contributed by atoms with Crippen LogP contribution in [0.4, 0.5) is 0 Å². The third kappa shape index (κ3) is 12.0. The van der Waals surface area contributed by atoms with Crippen molar-refractivity contribution in [1.29, 1.82) is 0 Å². The molecule has 1 aliphatic rings. The fourth-order valence-electron chi connectivity index (χ4n) is 5.15. The first-order chi connectivity index (χ1) is 22.5. The van der Waals surface area contributed by atoms with Crippen LogP contribution in [0.2, 0.25) is 0 Å². The molecule has 0 bridgehead atoms. The summed E-state index contributed by atoms with van der Waals surface area (Å²) in [7, 11) is 0. The van der Waals surface area contributed by atoms with E-state index >= 15 is 0 Å². The highest BCUT2D eigenvalue weighted by Crippen LogP contribution is 2.11. The summed E-state index contributed by atoms with van der Waals surface area (Å²) in [5.74, 6) is -3.61. The van der Waals surface area contributed by atoms with Crippen molar-refractivity contribution in [3.8, 4) is 0 Å². The first-order valence-corrected chi connectivity index (χ1v) is 15.7. The van der Waals surface area contributed by atoms with Gasteiger partial charge in [-0.2, -0.15) is 0 Å². The summed E-state index contributed by atoms with van der Waals surface area (Å²) in [5.41, 5.74) is 12.4. The number of amides is 5. The molecule has 1 fully saturated rings. The Bertz CT molecular complexity index is 1380. The van der Waals surface area contributed by atoms with Gasteiger partial charge in [-0.15, -0.1) is 0 Å². The van der Waals surface area contributed by atoms with E-state index in [-0.39, 0.29) is 44.1 Å². The summed E-state index contributed by atoms with van der Waals surface area (Å²) in [6, 6.07) is 12.0. The molecule has 2 aromatic carbocycles. The largest absolute Gasteiger partial charge is 0.394 e. The summed E-state index contributed by atoms with van der Waals surface area (Å²) in [5, 5.41) is 23.5. The van der Waals surface area contributed by atoms with Crippen LogP contribution in [-0.4, -0.2) is 84.0 Å². The summed E-state index contributed by atoms with van der Waals surface area (Å²) in [6.07, 6.45) is 0.782. The fourth-order valence-corrected chi connectivity index (χ4v) is 5.15. The number of aliphatic hydroxyl groups excluding tert-OH is 1. The molecule has 0 unspecified atom stereocenters. The van der Waals surface area contributed by atoms with Gasteiger partial charge in [0.05, 0.1) is 6.61 Å². The molecular formula is C33H46N8O6. The van der Waals surface area contributed by atoms with Gasteiger partial charge >= 0.3 is 0 Å². The predicted molar refractivity (Wildman–Crippen MR) is 176 cm³/mol. The monoisotopic (exact) mass is 650 g/mol. The van der Waals surface area contributed by atoms with Crippen molar-refractivity contribution in [2.24, 2.45) is 22.4 Å². The number of hydrogen-bond acceptors (Lipinski definition) is 7. The Morgan fingerprint density at radius 3 is 1.53 bits per heavy atom. The molecule has 3 rings (SSSR count). The Balaban J connectivity index is 2.04. The minimum atomic E-state index is -1.42. The van der Waals surface area contributed by atoms with Crippen LogP contribution < -0.4 is 38.1 Å². The number of nitrogens with zero attached hydrogens (tertiary/aromatic N) is 1. The second-order valence-corrected chi connectivity index (χ2v) is 11.9. The van der Waals surface area contributed by atoms with Gasteiger partial charge < -0.3 is 43.2 Å². The Morgan fingerprint density at radius 2 is 1.06 bits per heavy atom. The van der Waals surface area contributed by atoms with Crippen molar-refractivity contribution in [1.82, 2.24) is 26.6 Å². The lowest BCUT2D eigenvalue weighted by atomic mass is 10.0. The number of hydrogen-bond donors (Lipinski definition) is 8. The zero-order chi connectivity index (χ0) is 34.3. The van der Waals surface area contributed by atoms with Crippen LogP contribution in [0.25, 0.3) is 0 Å². The lowest BCUT2D eigenvalue weighted by Crippen LogP contribution is -2.59. The molecule has 10 N–H and O–H groups in total. The van der Waals surface area contributed by atoms with E-state index in [2.05, 4.69) is 31.6 Å². The molecule has 14 nitrogen and oxygen atoms in total. The number of carbonyl (C=O) groups excluding carboxylic acids is 5. The summed E-state index contributed by atoms with van der Waals surface area (Å²) in [4.78, 5) is 72.1. The van der Waals surface area contributed by atoms with Gasteiger partial charge in [0.1, 0.15) is 30.2 Å². The molecule has 47 heavy (non-hydrogen) atoms. The third-order valence-corrected chi connectivity index (χ3v) is 7.57. The second-order valence-electron chi connectivity index (χ2n) is 11.9. The summed E-state index contributed by atoms with van der Waals surface area (Å²) >= 11 is 0. The number of nitrogens with one attached hydrogen (secondary N) is 5. The number of guanidine groups is 1. The summed E-state index contributed by atoms with van der Waals surface area (Å²) in [6.45, 7) is 3.16. The van der Waals surface area contributed by atoms with Crippen LogP contribution in [0.3, 0.4) is 0 Å². The van der Waals surface area contributed by atoms with Crippen LogP contribution in [-0.2, 0) is 36.8 Å². The average molecular weight is 651 g/mol. The van der Waals surface area contributed by atoms with Gasteiger partial charge in [0.25, 0.3) is 0 Å². The smallest absolute Gasteiger partial charge is 0.245 e. The predicted octanol–water partition coefficient (Wildman–Crippen LogP) is -0.999. The van der Waals surface area contributed by atoms with Crippen molar-refractivity contribution in [2.45, 2.75) is 76.2 Å². The average Bonchev–Trinajstić information content (AvgIpc) is 3.04. The molecule has 254 valence electrons. The number of rotatable bonds is 11. The highest BCUT2D eigenvalue weighted by Gasteiger charge is 2.34. The molecule has 5 amide bonds. The van der Waals surface area contributed by atoms with E-state index in [0.29, 0.717) is 6.42 Å². The quantitative estimate of drug-likeness (QED) is 0.0852. The van der Waals surface area contributed by atoms with Crippen molar-refractivity contribution < 1.29 is 29.1 Å². The fraction of sp³-hybridized carbons (Fsp3) is 0.455. The molecule has 1 heterocycles. The van der Waals surface area contributed by atoms with E-state index in [9.17, 15) is 29.1 Å². The molecule has 1 saturated heterocycles. The molecule has 0 aliphatic carbocycles. The Hall–Kier alpha value is -4.98. The molecule has 0 radical (unpaired) electrons. The van der Waals surface area contributed by atoms with Crippen LogP contribution in [0.15, 0.2) is 65.7 Å². The van der Waals surface area contributed by atoms with E-state index in [1.54, 1.807) is 48.5 Å². The zero-order valence-electron chi connectivity index (χ0n) is 26.8. The van der Waals surface area contributed by atoms with Crippen molar-refractivity contribution >= 4 is 35.5 Å². The van der Waals surface area contributed by atoms with Gasteiger partial charge in [-0.3, -0.25) is 29.0 Å². The van der Waals surface area contributed by atoms with Gasteiger partial charge in [-0.1, -0.05) is 74.5 Å². The lowest BCUT2D eigenvalue weighted by molar-refractivity contribution is -0.134. The molecule has 1 aliphatic heterocycles. The highest BCUT2D eigenvalue weighted by atomic mass is 16.3. The molecular weight excluding hydrogens is 604 g/mol. The Morgan fingerprint density at radius 1 is 0.660 bits per heavy atom. The van der Waals surface area contributed by atoms with E-state index in [1.807, 2.05) is 26.0 Å². The van der Waals surface area contributed by atoms with Crippen LogP contribution in [0.1, 0.15) is 44.2 Å². The van der Waals surface area contributed by atoms with Gasteiger partial charge in [0.15, 0.2) is 5.96 Å². The van der Waals surface area contributed by atoms with Gasteiger partial charge in [0, 0.05) is 19.4 Å². The molecule has 5 atom stereocenters. The minimum absolute atomic E-state index is 0.0385. The maximum atomic E-state index is 13.8. The van der Waals surface area contributed by atoms with E-state index < -0.39 is 66.4 Å². The number of nitrogens with two attached hydrogens (primary N) is 2. The number of benzene rings is 2. The molecule has 0 saturated carbocycles. The van der Waals surface area contributed by atoms with Crippen molar-refractivity contribution in [3.05, 3.63) is 71.8 Å². The highest BCUT2D eigenvalue weighted by molar-refractivity contribution is 5.98. The van der Waals surface area contributed by atoms with Gasteiger partial charge in [0.2, 0.25) is 29.5 Å². The first kappa shape index (κ1) is 36.5. The normalized spacial score (nSPS) is 22.9. The molecule has 0 spiro atoms. The van der Waals surface area contributed by atoms with E-state index in [0.717, 1.165) is 11.1 Å². The number of aliphatic imine (C=N–C) groups is 1. The van der Waals surface area contributed by atoms with Crippen LogP contribution in [0, 0.1) is 5.92 Å². The van der Waals surface area contributed by atoms with E-state index in [1.165, 1.54) is 0 Å². The zero-order valence-corrected chi connectivity index (χ0v) is 26.8. The minimum Gasteiger partial charge on any atom is -0.394 e.